The van der Waals surface area contributed by atoms with E-state index in [1.165, 1.54) is 6.20 Å². The molecule has 1 saturated heterocycles. The molecule has 1 atom stereocenters. The molecule has 5 heterocycles. The predicted molar refractivity (Wildman–Crippen MR) is 161 cm³/mol. The van der Waals surface area contributed by atoms with Gasteiger partial charge < -0.3 is 19.7 Å². The molecular weight excluding hydrogens is 538 g/mol. The van der Waals surface area contributed by atoms with Crippen LogP contribution in [0, 0.1) is 5.92 Å². The first kappa shape index (κ1) is 27.6. The molecule has 1 saturated carbocycles. The summed E-state index contributed by atoms with van der Waals surface area (Å²) in [6.45, 7) is 12.0. The van der Waals surface area contributed by atoms with Gasteiger partial charge in [0.15, 0.2) is 11.5 Å². The number of rotatable bonds is 9. The zero-order valence-corrected chi connectivity index (χ0v) is 25.1. The quantitative estimate of drug-likeness (QED) is 0.235. The highest BCUT2D eigenvalue weighted by atomic mass is 28.3. The first-order valence-corrected chi connectivity index (χ1v) is 18.0. The van der Waals surface area contributed by atoms with Crippen molar-refractivity contribution in [3.63, 3.8) is 0 Å². The molecule has 0 spiro atoms. The maximum atomic E-state index is 13.5. The smallest absolute Gasteiger partial charge is 0.261 e. The lowest BCUT2D eigenvalue weighted by molar-refractivity contribution is -0.117. The molecule has 2 aliphatic rings. The van der Waals surface area contributed by atoms with Gasteiger partial charge in [0.1, 0.15) is 12.5 Å². The molecule has 6 rings (SSSR count). The van der Waals surface area contributed by atoms with Crippen LogP contribution in [0.4, 0.5) is 11.5 Å². The molecular formula is C29H37N7O4Si. The van der Waals surface area contributed by atoms with Crippen molar-refractivity contribution < 1.29 is 14.3 Å². The predicted octanol–water partition coefficient (Wildman–Crippen LogP) is 3.99. The van der Waals surface area contributed by atoms with Crippen molar-refractivity contribution in [2.45, 2.75) is 58.3 Å². The number of nitrogens with zero attached hydrogens (tertiary/aromatic N) is 6. The van der Waals surface area contributed by atoms with Crippen LogP contribution < -0.4 is 15.8 Å². The third-order valence-corrected chi connectivity index (χ3v) is 9.26. The van der Waals surface area contributed by atoms with Crippen LogP contribution in [0.2, 0.25) is 25.7 Å². The highest BCUT2D eigenvalue weighted by molar-refractivity contribution is 6.76. The monoisotopic (exact) mass is 575 g/mol. The molecule has 216 valence electrons. The van der Waals surface area contributed by atoms with E-state index in [9.17, 15) is 9.59 Å². The number of ether oxygens (including phenoxy) is 2. The molecule has 2 fully saturated rings. The summed E-state index contributed by atoms with van der Waals surface area (Å²) in [6.07, 6.45) is 7.20. The van der Waals surface area contributed by atoms with Crippen LogP contribution in [0.3, 0.4) is 0 Å². The van der Waals surface area contributed by atoms with Crippen molar-refractivity contribution in [1.82, 2.24) is 24.1 Å². The Bertz CT molecular complexity index is 1660. The van der Waals surface area contributed by atoms with E-state index in [0.717, 1.165) is 37.7 Å². The van der Waals surface area contributed by atoms with Crippen LogP contribution >= 0.6 is 0 Å². The summed E-state index contributed by atoms with van der Waals surface area (Å²) < 4.78 is 15.0. The lowest BCUT2D eigenvalue weighted by atomic mass is 10.1. The third-order valence-electron chi connectivity index (χ3n) is 7.56. The van der Waals surface area contributed by atoms with Gasteiger partial charge in [-0.3, -0.25) is 14.2 Å². The summed E-state index contributed by atoms with van der Waals surface area (Å²) in [5.41, 5.74) is 2.20. The van der Waals surface area contributed by atoms with Gasteiger partial charge in [0.25, 0.3) is 5.56 Å². The highest BCUT2D eigenvalue weighted by Gasteiger charge is 2.30. The number of hydrogen-bond donors (Lipinski definition) is 1. The van der Waals surface area contributed by atoms with Crippen LogP contribution in [-0.4, -0.2) is 70.5 Å². The van der Waals surface area contributed by atoms with Gasteiger partial charge in [0, 0.05) is 57.0 Å². The van der Waals surface area contributed by atoms with Gasteiger partial charge in [-0.25, -0.2) is 14.5 Å². The van der Waals surface area contributed by atoms with Gasteiger partial charge in [-0.05, 0) is 44.0 Å². The average Bonchev–Trinajstić information content (AvgIpc) is 3.70. The van der Waals surface area contributed by atoms with Crippen molar-refractivity contribution in [2.75, 3.05) is 36.5 Å². The van der Waals surface area contributed by atoms with Gasteiger partial charge in [-0.1, -0.05) is 19.6 Å². The molecule has 0 unspecified atom stereocenters. The molecule has 1 aliphatic carbocycles. The Morgan fingerprint density at radius 1 is 1.20 bits per heavy atom. The summed E-state index contributed by atoms with van der Waals surface area (Å²) >= 11 is 0. The summed E-state index contributed by atoms with van der Waals surface area (Å²) in [5, 5.41) is 8.77. The van der Waals surface area contributed by atoms with E-state index in [1.54, 1.807) is 21.3 Å². The first-order valence-electron chi connectivity index (χ1n) is 14.3. The number of carbonyl (C=O) groups is 1. The van der Waals surface area contributed by atoms with Crippen LogP contribution in [-0.2, 0) is 21.0 Å². The summed E-state index contributed by atoms with van der Waals surface area (Å²) in [7, 11) is -1.27. The number of carbonyl (C=O) groups excluding carboxylic acids is 1. The van der Waals surface area contributed by atoms with Gasteiger partial charge in [0.05, 0.1) is 30.0 Å². The van der Waals surface area contributed by atoms with E-state index in [0.29, 0.717) is 46.8 Å². The molecule has 0 radical (unpaired) electrons. The molecule has 1 aliphatic heterocycles. The Morgan fingerprint density at radius 2 is 2.02 bits per heavy atom. The molecule has 4 aromatic rings. The topological polar surface area (TPSA) is 116 Å². The molecule has 41 heavy (non-hydrogen) atoms. The van der Waals surface area contributed by atoms with E-state index < -0.39 is 8.07 Å². The minimum Gasteiger partial charge on any atom is -0.375 e. The van der Waals surface area contributed by atoms with Crippen molar-refractivity contribution in [3.05, 3.63) is 47.1 Å². The zero-order chi connectivity index (χ0) is 28.7. The Balaban J connectivity index is 1.38. The summed E-state index contributed by atoms with van der Waals surface area (Å²) in [4.78, 5) is 37.4. The number of anilines is 2. The summed E-state index contributed by atoms with van der Waals surface area (Å²) in [6, 6.07) is 6.75. The normalized spacial score (nSPS) is 17.9. The standard InChI is InChI=1S/C29H37N7O4Si/c1-19-15-34(9-10-40-19)21-7-8-26-32-27(33-36(26)16-21)24-17-35(18-39-11-12-41(2,3)4)29(38)23-14-30-25(13-22(23)24)31-28(37)20-5-6-20/h7-8,13-14,16-17,19-20H,5-6,9-12,15,18H2,1-4H3,(H,30,31,37)/t19-/m1/s1. The number of amides is 1. The minimum atomic E-state index is -1.27. The van der Waals surface area contributed by atoms with Crippen LogP contribution in [0.1, 0.15) is 19.8 Å². The molecule has 1 amide bonds. The van der Waals surface area contributed by atoms with E-state index >= 15 is 0 Å². The number of morpholine rings is 1. The molecule has 1 N–H and O–H groups in total. The fourth-order valence-corrected chi connectivity index (χ4v) is 5.73. The van der Waals surface area contributed by atoms with Crippen molar-refractivity contribution >= 4 is 41.9 Å². The second-order valence-corrected chi connectivity index (χ2v) is 17.9. The van der Waals surface area contributed by atoms with Gasteiger partial charge in [-0.2, -0.15) is 0 Å². The zero-order valence-electron chi connectivity index (χ0n) is 24.1. The maximum Gasteiger partial charge on any atom is 0.261 e. The van der Waals surface area contributed by atoms with Crippen molar-refractivity contribution in [3.8, 4) is 11.4 Å². The fourth-order valence-electron chi connectivity index (χ4n) is 4.97. The molecule has 0 bridgehead atoms. The van der Waals surface area contributed by atoms with E-state index in [2.05, 4.69) is 41.8 Å². The average molecular weight is 576 g/mol. The number of nitrogens with one attached hydrogen (secondary N) is 1. The largest absolute Gasteiger partial charge is 0.375 e. The summed E-state index contributed by atoms with van der Waals surface area (Å²) in [5.74, 6) is 0.881. The Morgan fingerprint density at radius 3 is 2.78 bits per heavy atom. The third kappa shape index (κ3) is 6.19. The SMILES string of the molecule is C[C@@H]1CN(c2ccc3nc(-c4cn(COCC[Si](C)(C)C)c(=O)c5cnc(NC(=O)C6CC6)cc45)nn3c2)CCO1. The molecule has 11 nitrogen and oxygen atoms in total. The van der Waals surface area contributed by atoms with E-state index in [1.807, 2.05) is 18.3 Å². The number of pyridine rings is 3. The highest BCUT2D eigenvalue weighted by Crippen LogP contribution is 2.31. The van der Waals surface area contributed by atoms with Gasteiger partial charge in [-0.15, -0.1) is 5.10 Å². The number of fused-ring (bicyclic) bond motifs is 2. The Labute approximate surface area is 239 Å². The van der Waals surface area contributed by atoms with Crippen molar-refractivity contribution in [1.29, 1.82) is 0 Å². The van der Waals surface area contributed by atoms with E-state index in [4.69, 9.17) is 19.6 Å². The van der Waals surface area contributed by atoms with Crippen LogP contribution in [0.5, 0.6) is 0 Å². The van der Waals surface area contributed by atoms with E-state index in [-0.39, 0.29) is 30.2 Å². The van der Waals surface area contributed by atoms with Gasteiger partial charge in [0.2, 0.25) is 5.91 Å². The van der Waals surface area contributed by atoms with Crippen LogP contribution in [0.25, 0.3) is 27.8 Å². The van der Waals surface area contributed by atoms with Crippen molar-refractivity contribution in [2.24, 2.45) is 5.92 Å². The number of aromatic nitrogens is 5. The Hall–Kier alpha value is -3.61. The number of hydrogen-bond acceptors (Lipinski definition) is 8. The maximum absolute atomic E-state index is 13.5. The fraction of sp³-hybridized carbons (Fsp3) is 0.483. The lowest BCUT2D eigenvalue weighted by Crippen LogP contribution is -2.41. The Kier molecular flexibility index (Phi) is 7.39. The lowest BCUT2D eigenvalue weighted by Gasteiger charge is -2.32. The second kappa shape index (κ2) is 11.0. The minimum absolute atomic E-state index is 0.0389. The van der Waals surface area contributed by atoms with Gasteiger partial charge >= 0.3 is 0 Å². The van der Waals surface area contributed by atoms with Crippen LogP contribution in [0.15, 0.2) is 41.6 Å². The molecule has 12 heteroatoms. The second-order valence-electron chi connectivity index (χ2n) is 12.3. The first-order chi connectivity index (χ1) is 19.6. The molecule has 4 aromatic heterocycles. The molecule has 0 aromatic carbocycles.